The van der Waals surface area contributed by atoms with Gasteiger partial charge in [-0.1, -0.05) is 12.8 Å². The van der Waals surface area contributed by atoms with E-state index in [2.05, 4.69) is 15.4 Å². The van der Waals surface area contributed by atoms with Crippen LogP contribution in [0.1, 0.15) is 52.9 Å². The highest BCUT2D eigenvalue weighted by atomic mass is 32.2. The van der Waals surface area contributed by atoms with E-state index in [-0.39, 0.29) is 15.9 Å². The lowest BCUT2D eigenvalue weighted by atomic mass is 10.0. The number of benzene rings is 1. The Morgan fingerprint density at radius 2 is 1.73 bits per heavy atom. The number of hydrogen-bond donors (Lipinski definition) is 3. The molecular weight excluding hydrogens is 370 g/mol. The van der Waals surface area contributed by atoms with Crippen molar-refractivity contribution in [1.82, 2.24) is 10.0 Å². The van der Waals surface area contributed by atoms with E-state index in [1.54, 1.807) is 32.9 Å². The fourth-order valence-electron chi connectivity index (χ4n) is 3.00. The molecule has 2 rings (SSSR count). The molecule has 1 saturated carbocycles. The largest absolute Gasteiger partial charge is 0.332 e. The van der Waals surface area contributed by atoms with Gasteiger partial charge in [-0.15, -0.1) is 0 Å². The van der Waals surface area contributed by atoms with Gasteiger partial charge in [0, 0.05) is 17.6 Å². The van der Waals surface area contributed by atoms with Crippen molar-refractivity contribution in [3.8, 4) is 0 Å². The molecule has 0 radical (unpaired) electrons. The Kier molecular flexibility index (Phi) is 6.76. The molecule has 3 N–H and O–H groups in total. The van der Waals surface area contributed by atoms with Crippen molar-refractivity contribution in [1.29, 1.82) is 0 Å². The standard InChI is InChI=1S/C18H27N3O3S2/c1-18(2,3)21-26(23,24)15-10-8-14(9-11-15)19-17(25)20-16(22)12-13-6-4-5-7-13/h8-11,13,21H,4-7,12H2,1-3H3,(H2,19,20,22,25). The summed E-state index contributed by atoms with van der Waals surface area (Å²) in [6, 6.07) is 6.23. The maximum Gasteiger partial charge on any atom is 0.241 e. The van der Waals surface area contributed by atoms with Crippen molar-refractivity contribution in [2.24, 2.45) is 5.92 Å². The van der Waals surface area contributed by atoms with Crippen molar-refractivity contribution in [3.63, 3.8) is 0 Å². The first kappa shape index (κ1) is 20.8. The molecule has 1 amide bonds. The highest BCUT2D eigenvalue weighted by Crippen LogP contribution is 2.27. The summed E-state index contributed by atoms with van der Waals surface area (Å²) in [5.41, 5.74) is 0.0619. The van der Waals surface area contributed by atoms with Crippen molar-refractivity contribution < 1.29 is 13.2 Å². The molecule has 0 unspecified atom stereocenters. The van der Waals surface area contributed by atoms with E-state index in [9.17, 15) is 13.2 Å². The molecule has 1 aliphatic rings. The fraction of sp³-hybridized carbons (Fsp3) is 0.556. The average molecular weight is 398 g/mol. The Bertz CT molecular complexity index is 747. The van der Waals surface area contributed by atoms with Crippen LogP contribution >= 0.6 is 12.2 Å². The van der Waals surface area contributed by atoms with Gasteiger partial charge >= 0.3 is 0 Å². The molecule has 0 spiro atoms. The quantitative estimate of drug-likeness (QED) is 0.665. The number of thiocarbonyl (C=S) groups is 1. The Labute approximate surface area is 161 Å². The van der Waals surface area contributed by atoms with E-state index in [0.717, 1.165) is 12.8 Å². The molecule has 0 bridgehead atoms. The van der Waals surface area contributed by atoms with E-state index in [4.69, 9.17) is 12.2 Å². The average Bonchev–Trinajstić information content (AvgIpc) is 2.97. The Morgan fingerprint density at radius 3 is 2.27 bits per heavy atom. The molecule has 1 aliphatic carbocycles. The third kappa shape index (κ3) is 6.66. The van der Waals surface area contributed by atoms with Crippen molar-refractivity contribution >= 4 is 38.9 Å². The molecule has 1 aromatic carbocycles. The SMILES string of the molecule is CC(C)(C)NS(=O)(=O)c1ccc(NC(=S)NC(=O)CC2CCCC2)cc1. The van der Waals surface area contributed by atoms with Crippen molar-refractivity contribution in [2.75, 3.05) is 5.32 Å². The van der Waals surface area contributed by atoms with Crippen LogP contribution < -0.4 is 15.4 Å². The summed E-state index contributed by atoms with van der Waals surface area (Å²) in [6.07, 6.45) is 5.09. The fourth-order valence-corrected chi connectivity index (χ4v) is 4.65. The third-order valence-electron chi connectivity index (χ3n) is 4.06. The molecule has 0 heterocycles. The minimum absolute atomic E-state index is 0.0806. The van der Waals surface area contributed by atoms with E-state index < -0.39 is 15.6 Å². The monoisotopic (exact) mass is 397 g/mol. The Balaban J connectivity index is 1.90. The molecule has 26 heavy (non-hydrogen) atoms. The summed E-state index contributed by atoms with van der Waals surface area (Å²) in [5.74, 6) is 0.376. The van der Waals surface area contributed by atoms with Crippen LogP contribution in [0.2, 0.25) is 0 Å². The summed E-state index contributed by atoms with van der Waals surface area (Å²) in [7, 11) is -3.58. The number of anilines is 1. The Hall–Kier alpha value is -1.51. The molecular formula is C18H27N3O3S2. The molecule has 0 atom stereocenters. The summed E-state index contributed by atoms with van der Waals surface area (Å²) < 4.78 is 27.2. The minimum atomic E-state index is -3.58. The van der Waals surface area contributed by atoms with Crippen LogP contribution in [-0.4, -0.2) is 25.0 Å². The lowest BCUT2D eigenvalue weighted by Gasteiger charge is -2.20. The number of sulfonamides is 1. The lowest BCUT2D eigenvalue weighted by molar-refractivity contribution is -0.120. The summed E-state index contributed by atoms with van der Waals surface area (Å²) in [6.45, 7) is 5.35. The smallest absolute Gasteiger partial charge is 0.241 e. The van der Waals surface area contributed by atoms with Gasteiger partial charge in [0.15, 0.2) is 5.11 Å². The molecule has 0 aliphatic heterocycles. The number of rotatable bonds is 5. The van der Waals surface area contributed by atoms with Gasteiger partial charge in [0.2, 0.25) is 15.9 Å². The van der Waals surface area contributed by atoms with Crippen LogP contribution in [-0.2, 0) is 14.8 Å². The Morgan fingerprint density at radius 1 is 1.15 bits per heavy atom. The van der Waals surface area contributed by atoms with E-state index in [1.165, 1.54) is 25.0 Å². The molecule has 0 saturated heterocycles. The number of nitrogens with one attached hydrogen (secondary N) is 3. The molecule has 1 aromatic rings. The van der Waals surface area contributed by atoms with Gasteiger partial charge in [0.25, 0.3) is 0 Å². The van der Waals surface area contributed by atoms with Crippen LogP contribution in [0.4, 0.5) is 5.69 Å². The first-order chi connectivity index (χ1) is 12.0. The van der Waals surface area contributed by atoms with E-state index in [0.29, 0.717) is 18.0 Å². The van der Waals surface area contributed by atoms with Crippen LogP contribution in [0.5, 0.6) is 0 Å². The number of carbonyl (C=O) groups is 1. The summed E-state index contributed by atoms with van der Waals surface area (Å²) in [5, 5.41) is 5.81. The van der Waals surface area contributed by atoms with Crippen molar-refractivity contribution in [2.45, 2.75) is 63.3 Å². The van der Waals surface area contributed by atoms with Gasteiger partial charge < -0.3 is 10.6 Å². The second-order valence-electron chi connectivity index (χ2n) is 7.74. The second-order valence-corrected chi connectivity index (χ2v) is 9.83. The maximum absolute atomic E-state index is 12.3. The minimum Gasteiger partial charge on any atom is -0.332 e. The van der Waals surface area contributed by atoms with Crippen LogP contribution in [0.25, 0.3) is 0 Å². The number of carbonyl (C=O) groups excluding carboxylic acids is 1. The zero-order valence-corrected chi connectivity index (χ0v) is 17.1. The second kappa shape index (κ2) is 8.45. The van der Waals surface area contributed by atoms with Gasteiger partial charge in [-0.25, -0.2) is 13.1 Å². The molecule has 8 heteroatoms. The summed E-state index contributed by atoms with van der Waals surface area (Å²) in [4.78, 5) is 12.2. The lowest BCUT2D eigenvalue weighted by Crippen LogP contribution is -2.40. The topological polar surface area (TPSA) is 87.3 Å². The van der Waals surface area contributed by atoms with E-state index >= 15 is 0 Å². The third-order valence-corrected chi connectivity index (χ3v) is 6.04. The molecule has 6 nitrogen and oxygen atoms in total. The highest BCUT2D eigenvalue weighted by Gasteiger charge is 2.22. The highest BCUT2D eigenvalue weighted by molar-refractivity contribution is 7.89. The zero-order chi connectivity index (χ0) is 19.4. The maximum atomic E-state index is 12.3. The van der Waals surface area contributed by atoms with Gasteiger partial charge in [-0.3, -0.25) is 4.79 Å². The van der Waals surface area contributed by atoms with Crippen LogP contribution in [0.3, 0.4) is 0 Å². The summed E-state index contributed by atoms with van der Waals surface area (Å²) >= 11 is 5.16. The first-order valence-electron chi connectivity index (χ1n) is 8.80. The normalized spacial score (nSPS) is 15.7. The van der Waals surface area contributed by atoms with Crippen LogP contribution in [0.15, 0.2) is 29.2 Å². The number of hydrogen-bond acceptors (Lipinski definition) is 4. The van der Waals surface area contributed by atoms with Gasteiger partial charge in [0.1, 0.15) is 0 Å². The molecule has 0 aromatic heterocycles. The number of amides is 1. The van der Waals surface area contributed by atoms with Gasteiger partial charge in [0.05, 0.1) is 4.90 Å². The zero-order valence-electron chi connectivity index (χ0n) is 15.5. The van der Waals surface area contributed by atoms with Crippen LogP contribution in [0, 0.1) is 5.92 Å². The predicted molar refractivity (Wildman–Crippen MR) is 107 cm³/mol. The van der Waals surface area contributed by atoms with Gasteiger partial charge in [-0.2, -0.15) is 0 Å². The molecule has 1 fully saturated rings. The van der Waals surface area contributed by atoms with E-state index in [1.807, 2.05) is 0 Å². The molecule has 144 valence electrons. The first-order valence-corrected chi connectivity index (χ1v) is 10.7. The predicted octanol–water partition coefficient (Wildman–Crippen LogP) is 3.16. The van der Waals surface area contributed by atoms with Gasteiger partial charge in [-0.05, 0) is 76.0 Å². The van der Waals surface area contributed by atoms with Crippen molar-refractivity contribution in [3.05, 3.63) is 24.3 Å².